The summed E-state index contributed by atoms with van der Waals surface area (Å²) < 4.78 is 6.00. The summed E-state index contributed by atoms with van der Waals surface area (Å²) in [5.74, 6) is 0.775. The molecule has 0 aromatic carbocycles. The highest BCUT2D eigenvalue weighted by Crippen LogP contribution is 2.27. The first-order valence-electron chi connectivity index (χ1n) is 8.73. The highest BCUT2D eigenvalue weighted by Gasteiger charge is 2.31. The second kappa shape index (κ2) is 10.2. The molecule has 1 amide bonds. The van der Waals surface area contributed by atoms with Crippen molar-refractivity contribution >= 4 is 5.91 Å². The van der Waals surface area contributed by atoms with Crippen LogP contribution in [-0.2, 0) is 9.53 Å². The van der Waals surface area contributed by atoms with E-state index >= 15 is 0 Å². The van der Waals surface area contributed by atoms with Crippen LogP contribution in [0.15, 0.2) is 0 Å². The molecule has 0 aliphatic rings. The van der Waals surface area contributed by atoms with E-state index in [0.29, 0.717) is 12.5 Å². The number of hydrogen-bond acceptors (Lipinski definition) is 3. The number of ether oxygens (including phenoxy) is 1. The molecule has 0 aliphatic carbocycles. The van der Waals surface area contributed by atoms with E-state index in [1.807, 2.05) is 14.0 Å². The number of rotatable bonds is 12. The molecule has 0 heterocycles. The number of amides is 1. The molecule has 132 valence electrons. The minimum atomic E-state index is -0.337. The Morgan fingerprint density at radius 3 is 2.27 bits per heavy atom. The monoisotopic (exact) mass is 314 g/mol. The topological polar surface area (TPSA) is 50.4 Å². The Labute approximate surface area is 137 Å². The molecule has 0 fully saturated rings. The SMILES string of the molecule is CCC(C)(CCOC(C)(C)CCNC)C(=O)NCCC(C)C. The molecule has 0 aliphatic heterocycles. The van der Waals surface area contributed by atoms with E-state index in [0.717, 1.165) is 38.8 Å². The zero-order valence-electron chi connectivity index (χ0n) is 15.8. The first-order valence-corrected chi connectivity index (χ1v) is 8.73. The summed E-state index contributed by atoms with van der Waals surface area (Å²) in [5.41, 5.74) is -0.484. The lowest BCUT2D eigenvalue weighted by Crippen LogP contribution is -2.40. The Balaban J connectivity index is 4.28. The zero-order chi connectivity index (χ0) is 17.2. The van der Waals surface area contributed by atoms with Crippen molar-refractivity contribution < 1.29 is 9.53 Å². The van der Waals surface area contributed by atoms with Crippen LogP contribution in [-0.4, -0.2) is 38.3 Å². The van der Waals surface area contributed by atoms with Crippen LogP contribution in [0.25, 0.3) is 0 Å². The summed E-state index contributed by atoms with van der Waals surface area (Å²) in [6.07, 6.45) is 3.59. The molecule has 1 atom stereocenters. The van der Waals surface area contributed by atoms with Crippen molar-refractivity contribution in [1.29, 1.82) is 0 Å². The highest BCUT2D eigenvalue weighted by molar-refractivity contribution is 5.82. The first kappa shape index (κ1) is 21.4. The van der Waals surface area contributed by atoms with E-state index in [4.69, 9.17) is 4.74 Å². The van der Waals surface area contributed by atoms with Gasteiger partial charge in [0.05, 0.1) is 5.60 Å². The van der Waals surface area contributed by atoms with E-state index < -0.39 is 0 Å². The number of carbonyl (C=O) groups excluding carboxylic acids is 1. The Hall–Kier alpha value is -0.610. The van der Waals surface area contributed by atoms with Crippen LogP contribution in [0.2, 0.25) is 0 Å². The third-order valence-corrected chi connectivity index (χ3v) is 4.46. The Morgan fingerprint density at radius 2 is 1.77 bits per heavy atom. The highest BCUT2D eigenvalue weighted by atomic mass is 16.5. The molecule has 2 N–H and O–H groups in total. The van der Waals surface area contributed by atoms with Gasteiger partial charge in [0.1, 0.15) is 0 Å². The van der Waals surface area contributed by atoms with Gasteiger partial charge in [0.15, 0.2) is 0 Å². The van der Waals surface area contributed by atoms with E-state index in [1.165, 1.54) is 0 Å². The van der Waals surface area contributed by atoms with Gasteiger partial charge < -0.3 is 15.4 Å². The predicted octanol–water partition coefficient (Wildman–Crippen LogP) is 3.36. The second-order valence-corrected chi connectivity index (χ2v) is 7.56. The molecule has 4 nitrogen and oxygen atoms in total. The zero-order valence-corrected chi connectivity index (χ0v) is 15.8. The molecule has 0 spiro atoms. The van der Waals surface area contributed by atoms with Crippen molar-refractivity contribution in [3.05, 3.63) is 0 Å². The largest absolute Gasteiger partial charge is 0.375 e. The molecular formula is C18H38N2O2. The van der Waals surface area contributed by atoms with E-state index in [9.17, 15) is 4.79 Å². The van der Waals surface area contributed by atoms with Crippen molar-refractivity contribution in [2.24, 2.45) is 11.3 Å². The summed E-state index contributed by atoms with van der Waals surface area (Å²) in [6, 6.07) is 0. The van der Waals surface area contributed by atoms with E-state index in [1.54, 1.807) is 0 Å². The van der Waals surface area contributed by atoms with Crippen molar-refractivity contribution in [1.82, 2.24) is 10.6 Å². The van der Waals surface area contributed by atoms with Crippen LogP contribution in [0.1, 0.15) is 67.2 Å². The van der Waals surface area contributed by atoms with Crippen molar-refractivity contribution in [2.75, 3.05) is 26.7 Å². The Kier molecular flexibility index (Phi) is 9.94. The second-order valence-electron chi connectivity index (χ2n) is 7.56. The lowest BCUT2D eigenvalue weighted by molar-refractivity contribution is -0.132. The van der Waals surface area contributed by atoms with Crippen molar-refractivity contribution in [3.8, 4) is 0 Å². The average Bonchev–Trinajstić information content (AvgIpc) is 2.44. The minimum absolute atomic E-state index is 0.147. The van der Waals surface area contributed by atoms with Gasteiger partial charge in [-0.15, -0.1) is 0 Å². The van der Waals surface area contributed by atoms with Gasteiger partial charge >= 0.3 is 0 Å². The normalized spacial score (nSPS) is 14.9. The number of hydrogen-bond donors (Lipinski definition) is 2. The van der Waals surface area contributed by atoms with Gasteiger partial charge in [-0.05, 0) is 59.0 Å². The first-order chi connectivity index (χ1) is 10.2. The molecular weight excluding hydrogens is 276 g/mol. The maximum absolute atomic E-state index is 12.4. The van der Waals surface area contributed by atoms with Gasteiger partial charge in [0, 0.05) is 18.6 Å². The summed E-state index contributed by atoms with van der Waals surface area (Å²) in [7, 11) is 1.95. The molecule has 4 heteroatoms. The van der Waals surface area contributed by atoms with Crippen molar-refractivity contribution in [2.45, 2.75) is 72.8 Å². The third-order valence-electron chi connectivity index (χ3n) is 4.46. The maximum Gasteiger partial charge on any atom is 0.226 e. The molecule has 0 saturated carbocycles. The smallest absolute Gasteiger partial charge is 0.226 e. The number of nitrogens with one attached hydrogen (secondary N) is 2. The maximum atomic E-state index is 12.4. The Morgan fingerprint density at radius 1 is 1.14 bits per heavy atom. The molecule has 0 saturated heterocycles. The molecule has 1 unspecified atom stereocenters. The summed E-state index contributed by atoms with van der Waals surface area (Å²) in [6.45, 7) is 15.0. The van der Waals surface area contributed by atoms with Gasteiger partial charge in [-0.25, -0.2) is 0 Å². The van der Waals surface area contributed by atoms with Crippen LogP contribution in [0.5, 0.6) is 0 Å². The van der Waals surface area contributed by atoms with E-state index in [2.05, 4.69) is 45.3 Å². The van der Waals surface area contributed by atoms with Gasteiger partial charge in [0.2, 0.25) is 5.91 Å². The Bertz CT molecular complexity index is 316. The van der Waals surface area contributed by atoms with Crippen LogP contribution in [0.4, 0.5) is 0 Å². The molecule has 0 bridgehead atoms. The van der Waals surface area contributed by atoms with Gasteiger partial charge in [-0.1, -0.05) is 27.7 Å². The third kappa shape index (κ3) is 8.74. The van der Waals surface area contributed by atoms with Gasteiger partial charge in [-0.2, -0.15) is 0 Å². The molecule has 22 heavy (non-hydrogen) atoms. The van der Waals surface area contributed by atoms with Crippen molar-refractivity contribution in [3.63, 3.8) is 0 Å². The molecule has 0 aromatic rings. The quantitative estimate of drug-likeness (QED) is 0.581. The van der Waals surface area contributed by atoms with Crippen LogP contribution >= 0.6 is 0 Å². The molecule has 0 rings (SSSR count). The lowest BCUT2D eigenvalue weighted by Gasteiger charge is -2.30. The lowest BCUT2D eigenvalue weighted by atomic mass is 9.83. The fraction of sp³-hybridized carbons (Fsp3) is 0.944. The van der Waals surface area contributed by atoms with Gasteiger partial charge in [0.25, 0.3) is 0 Å². The molecule has 0 radical (unpaired) electrons. The summed E-state index contributed by atoms with van der Waals surface area (Å²) >= 11 is 0. The van der Waals surface area contributed by atoms with E-state index in [-0.39, 0.29) is 16.9 Å². The van der Waals surface area contributed by atoms with Crippen LogP contribution < -0.4 is 10.6 Å². The fourth-order valence-electron chi connectivity index (χ4n) is 2.19. The van der Waals surface area contributed by atoms with Crippen LogP contribution in [0, 0.1) is 11.3 Å². The summed E-state index contributed by atoms with van der Waals surface area (Å²) in [4.78, 5) is 12.4. The summed E-state index contributed by atoms with van der Waals surface area (Å²) in [5, 5.41) is 6.23. The number of carbonyl (C=O) groups is 1. The van der Waals surface area contributed by atoms with Crippen LogP contribution in [0.3, 0.4) is 0 Å². The standard InChI is InChI=1S/C18H38N2O2/c1-8-18(6,16(21)20-12-9-15(2)3)11-14-22-17(4,5)10-13-19-7/h15,19H,8-14H2,1-7H3,(H,20,21). The van der Waals surface area contributed by atoms with Gasteiger partial charge in [-0.3, -0.25) is 4.79 Å². The minimum Gasteiger partial charge on any atom is -0.375 e. The predicted molar refractivity (Wildman–Crippen MR) is 94.1 cm³/mol. The fourth-order valence-corrected chi connectivity index (χ4v) is 2.19. The average molecular weight is 315 g/mol. The molecule has 0 aromatic heterocycles.